The summed E-state index contributed by atoms with van der Waals surface area (Å²) >= 11 is 0. The first-order valence-electron chi connectivity index (χ1n) is 9.69. The molecule has 1 aromatic carbocycles. The average Bonchev–Trinajstić information content (AvgIpc) is 2.66. The number of likely N-dealkylation sites (N-methyl/N-ethyl adjacent to an activating group) is 1. The van der Waals surface area contributed by atoms with Gasteiger partial charge >= 0.3 is 0 Å². The second-order valence-electron chi connectivity index (χ2n) is 8.10. The normalized spacial score (nSPS) is 31.1. The molecule has 1 aliphatic heterocycles. The van der Waals surface area contributed by atoms with E-state index < -0.39 is 0 Å². The molecule has 3 nitrogen and oxygen atoms in total. The predicted octanol–water partition coefficient (Wildman–Crippen LogP) is 4.56. The molecule has 25 heavy (non-hydrogen) atoms. The molecule has 3 aliphatic rings. The molecular weight excluding hydrogens is 308 g/mol. The zero-order valence-corrected chi connectivity index (χ0v) is 14.9. The summed E-state index contributed by atoms with van der Waals surface area (Å²) in [7, 11) is 2.33. The Kier molecular flexibility index (Phi) is 3.60. The van der Waals surface area contributed by atoms with Crippen LogP contribution in [0.5, 0.6) is 11.6 Å². The van der Waals surface area contributed by atoms with Crippen molar-refractivity contribution in [3.8, 4) is 11.6 Å². The Bertz CT molecular complexity index is 775. The van der Waals surface area contributed by atoms with Gasteiger partial charge in [-0.25, -0.2) is 4.98 Å². The van der Waals surface area contributed by atoms with E-state index in [0.29, 0.717) is 11.3 Å². The SMILES string of the molecule is CN1CC[C@@]23CCCC[C@@H]2[C@@H]1Cc1ccc(Oc2ccccn2)cc13. The quantitative estimate of drug-likeness (QED) is 0.805. The Labute approximate surface area is 150 Å². The maximum Gasteiger partial charge on any atom is 0.219 e. The molecule has 2 aromatic rings. The van der Waals surface area contributed by atoms with Gasteiger partial charge in [0.1, 0.15) is 5.75 Å². The number of nitrogens with zero attached hydrogens (tertiary/aromatic N) is 2. The van der Waals surface area contributed by atoms with E-state index in [2.05, 4.69) is 35.1 Å². The fourth-order valence-electron chi connectivity index (χ4n) is 5.77. The number of rotatable bonds is 2. The van der Waals surface area contributed by atoms with Gasteiger partial charge in [0.25, 0.3) is 0 Å². The van der Waals surface area contributed by atoms with Gasteiger partial charge in [-0.1, -0.05) is 25.0 Å². The highest BCUT2D eigenvalue weighted by molar-refractivity contribution is 5.46. The highest BCUT2D eigenvalue weighted by Crippen LogP contribution is 2.56. The van der Waals surface area contributed by atoms with E-state index in [0.717, 1.165) is 17.7 Å². The molecule has 0 amide bonds. The summed E-state index contributed by atoms with van der Waals surface area (Å²) in [6, 6.07) is 13.3. The van der Waals surface area contributed by atoms with Crippen LogP contribution in [0.3, 0.4) is 0 Å². The Morgan fingerprint density at radius 1 is 1.16 bits per heavy atom. The minimum atomic E-state index is 0.381. The van der Waals surface area contributed by atoms with Crippen molar-refractivity contribution in [2.75, 3.05) is 13.6 Å². The van der Waals surface area contributed by atoms with Crippen LogP contribution in [0.1, 0.15) is 43.2 Å². The van der Waals surface area contributed by atoms with E-state index in [1.807, 2.05) is 18.2 Å². The molecule has 2 fully saturated rings. The largest absolute Gasteiger partial charge is 0.439 e. The zero-order valence-electron chi connectivity index (χ0n) is 14.9. The molecule has 3 atom stereocenters. The number of fused-ring (bicyclic) bond motifs is 1. The highest BCUT2D eigenvalue weighted by atomic mass is 16.5. The van der Waals surface area contributed by atoms with Crippen LogP contribution in [0, 0.1) is 5.92 Å². The van der Waals surface area contributed by atoms with Gasteiger partial charge in [0.05, 0.1) is 0 Å². The fraction of sp³-hybridized carbons (Fsp3) is 0.500. The van der Waals surface area contributed by atoms with Crippen LogP contribution >= 0.6 is 0 Å². The smallest absolute Gasteiger partial charge is 0.219 e. The lowest BCUT2D eigenvalue weighted by atomic mass is 9.52. The number of hydrogen-bond acceptors (Lipinski definition) is 3. The van der Waals surface area contributed by atoms with Gasteiger partial charge in [-0.2, -0.15) is 0 Å². The van der Waals surface area contributed by atoms with E-state index in [1.54, 1.807) is 17.3 Å². The van der Waals surface area contributed by atoms with E-state index in [-0.39, 0.29) is 0 Å². The van der Waals surface area contributed by atoms with Crippen molar-refractivity contribution >= 4 is 0 Å². The minimum Gasteiger partial charge on any atom is -0.439 e. The van der Waals surface area contributed by atoms with Crippen LogP contribution in [0.25, 0.3) is 0 Å². The first kappa shape index (κ1) is 15.4. The predicted molar refractivity (Wildman–Crippen MR) is 99.1 cm³/mol. The lowest BCUT2D eigenvalue weighted by Crippen LogP contribution is -2.59. The number of aromatic nitrogens is 1. The van der Waals surface area contributed by atoms with Crippen LogP contribution in [-0.2, 0) is 11.8 Å². The topological polar surface area (TPSA) is 25.4 Å². The number of benzene rings is 1. The number of likely N-dealkylation sites (tertiary alicyclic amines) is 1. The van der Waals surface area contributed by atoms with Crippen LogP contribution in [-0.4, -0.2) is 29.5 Å². The summed E-state index contributed by atoms with van der Waals surface area (Å²) < 4.78 is 6.06. The lowest BCUT2D eigenvalue weighted by molar-refractivity contribution is 0.00276. The second-order valence-corrected chi connectivity index (χ2v) is 8.10. The molecule has 1 saturated heterocycles. The number of pyridine rings is 1. The van der Waals surface area contributed by atoms with Crippen LogP contribution in [0.15, 0.2) is 42.6 Å². The number of hydrogen-bond donors (Lipinski definition) is 0. The molecule has 5 rings (SSSR count). The third kappa shape index (κ3) is 2.40. The Balaban J connectivity index is 1.56. The first-order valence-corrected chi connectivity index (χ1v) is 9.69. The lowest BCUT2D eigenvalue weighted by Gasteiger charge is -2.58. The summed E-state index contributed by atoms with van der Waals surface area (Å²) in [5.74, 6) is 2.43. The van der Waals surface area contributed by atoms with Gasteiger partial charge in [0.15, 0.2) is 0 Å². The van der Waals surface area contributed by atoms with Gasteiger partial charge in [-0.05, 0) is 74.5 Å². The second kappa shape index (κ2) is 5.84. The van der Waals surface area contributed by atoms with Crippen LogP contribution < -0.4 is 4.74 Å². The van der Waals surface area contributed by atoms with Crippen molar-refractivity contribution in [3.63, 3.8) is 0 Å². The van der Waals surface area contributed by atoms with Crippen molar-refractivity contribution in [1.29, 1.82) is 0 Å². The van der Waals surface area contributed by atoms with Crippen molar-refractivity contribution in [2.45, 2.75) is 50.0 Å². The van der Waals surface area contributed by atoms with E-state index in [9.17, 15) is 0 Å². The summed E-state index contributed by atoms with van der Waals surface area (Å²) in [6.07, 6.45) is 9.79. The average molecular weight is 334 g/mol. The highest BCUT2D eigenvalue weighted by Gasteiger charge is 2.53. The minimum absolute atomic E-state index is 0.381. The third-order valence-electron chi connectivity index (χ3n) is 6.95. The molecule has 0 unspecified atom stereocenters. The molecule has 0 N–H and O–H groups in total. The molecule has 2 aliphatic carbocycles. The number of piperidine rings is 1. The van der Waals surface area contributed by atoms with Crippen molar-refractivity contribution in [2.24, 2.45) is 5.92 Å². The van der Waals surface area contributed by atoms with Crippen LogP contribution in [0.2, 0.25) is 0 Å². The van der Waals surface area contributed by atoms with Gasteiger partial charge in [0.2, 0.25) is 5.88 Å². The van der Waals surface area contributed by atoms with E-state index >= 15 is 0 Å². The molecule has 0 spiro atoms. The van der Waals surface area contributed by atoms with E-state index in [4.69, 9.17) is 4.74 Å². The number of ether oxygens (including phenoxy) is 1. The summed E-state index contributed by atoms with van der Waals surface area (Å²) in [5.41, 5.74) is 3.50. The summed E-state index contributed by atoms with van der Waals surface area (Å²) in [5, 5.41) is 0. The monoisotopic (exact) mass is 334 g/mol. The Hall–Kier alpha value is -1.87. The summed E-state index contributed by atoms with van der Waals surface area (Å²) in [6.45, 7) is 1.23. The summed E-state index contributed by atoms with van der Waals surface area (Å²) in [4.78, 5) is 6.93. The van der Waals surface area contributed by atoms with Crippen molar-refractivity contribution < 1.29 is 4.74 Å². The molecule has 130 valence electrons. The van der Waals surface area contributed by atoms with Gasteiger partial charge < -0.3 is 9.64 Å². The van der Waals surface area contributed by atoms with E-state index in [1.165, 1.54) is 45.1 Å². The maximum absolute atomic E-state index is 6.06. The van der Waals surface area contributed by atoms with Gasteiger partial charge in [0, 0.05) is 23.7 Å². The standard InChI is InChI=1S/C22H26N2O/c1-24-13-11-22-10-4-2-6-18(22)20(24)14-16-8-9-17(15-19(16)22)25-21-7-3-5-12-23-21/h3,5,7-9,12,15,18,20H,2,4,6,10-11,13-14H2,1H3/t18-,20+,22+/m1/s1. The fourth-order valence-corrected chi connectivity index (χ4v) is 5.77. The molecular formula is C22H26N2O. The molecule has 3 heteroatoms. The van der Waals surface area contributed by atoms with Gasteiger partial charge in [-0.3, -0.25) is 0 Å². The Morgan fingerprint density at radius 3 is 3.00 bits per heavy atom. The molecule has 2 bridgehead atoms. The van der Waals surface area contributed by atoms with Gasteiger partial charge in [-0.15, -0.1) is 0 Å². The first-order chi connectivity index (χ1) is 12.3. The van der Waals surface area contributed by atoms with Crippen molar-refractivity contribution in [3.05, 3.63) is 53.7 Å². The molecule has 2 heterocycles. The molecule has 1 aromatic heterocycles. The van der Waals surface area contributed by atoms with Crippen molar-refractivity contribution in [1.82, 2.24) is 9.88 Å². The van der Waals surface area contributed by atoms with Crippen LogP contribution in [0.4, 0.5) is 0 Å². The Morgan fingerprint density at radius 2 is 2.12 bits per heavy atom. The maximum atomic E-state index is 6.06. The molecule has 1 saturated carbocycles. The molecule has 0 radical (unpaired) electrons. The third-order valence-corrected chi connectivity index (χ3v) is 6.95. The zero-order chi connectivity index (χ0) is 16.9.